The monoisotopic (exact) mass is 218 g/mol. The second kappa shape index (κ2) is 3.58. The fourth-order valence-corrected chi connectivity index (χ4v) is 4.34. The number of nitrogens with zero attached hydrogens (tertiary/aromatic N) is 1. The van der Waals surface area contributed by atoms with E-state index >= 15 is 0 Å². The lowest BCUT2D eigenvalue weighted by atomic mass is 9.70. The molecule has 2 bridgehead atoms. The van der Waals surface area contributed by atoms with E-state index in [1.807, 2.05) is 0 Å². The summed E-state index contributed by atoms with van der Waals surface area (Å²) < 4.78 is 0. The number of allylic oxidation sites excluding steroid dienone is 1. The van der Waals surface area contributed by atoms with Gasteiger partial charge in [-0.3, -0.25) is 0 Å². The third-order valence-corrected chi connectivity index (χ3v) is 5.45. The van der Waals surface area contributed by atoms with Crippen molar-refractivity contribution in [1.82, 2.24) is 10.2 Å². The third-order valence-electron chi connectivity index (χ3n) is 5.45. The van der Waals surface area contributed by atoms with Crippen LogP contribution in [0.5, 0.6) is 0 Å². The number of nitrogens with one attached hydrogen (secondary N) is 1. The van der Waals surface area contributed by atoms with Gasteiger partial charge in [-0.2, -0.15) is 0 Å². The molecule has 3 aliphatic heterocycles. The van der Waals surface area contributed by atoms with Crippen molar-refractivity contribution < 1.29 is 0 Å². The summed E-state index contributed by atoms with van der Waals surface area (Å²) >= 11 is 0. The van der Waals surface area contributed by atoms with Crippen LogP contribution >= 0.6 is 0 Å². The minimum atomic E-state index is 0.808. The maximum atomic E-state index is 3.97. The van der Waals surface area contributed by atoms with Gasteiger partial charge in [-0.1, -0.05) is 12.2 Å². The third kappa shape index (κ3) is 1.39. The van der Waals surface area contributed by atoms with Crippen LogP contribution in [0.3, 0.4) is 0 Å². The van der Waals surface area contributed by atoms with Gasteiger partial charge >= 0.3 is 0 Å². The molecule has 0 aromatic rings. The molecule has 0 amide bonds. The molecule has 0 aromatic heterocycles. The zero-order valence-electron chi connectivity index (χ0n) is 9.94. The van der Waals surface area contributed by atoms with E-state index in [0.29, 0.717) is 0 Å². The average molecular weight is 218 g/mol. The zero-order chi connectivity index (χ0) is 10.5. The lowest BCUT2D eigenvalue weighted by Crippen LogP contribution is -2.61. The first-order valence-electron chi connectivity index (χ1n) is 7.05. The molecule has 0 spiro atoms. The molecule has 2 aliphatic carbocycles. The van der Waals surface area contributed by atoms with Gasteiger partial charge < -0.3 is 10.2 Å². The molecule has 2 nitrogen and oxygen atoms in total. The standard InChI is InChI=1S/C14H22N2/c1-2-11-8-13(12(11)3-1)15-14-9-16-6-4-10(14)5-7-16/h1,3,10-15H,2,4-9H2. The molecule has 3 saturated heterocycles. The van der Waals surface area contributed by atoms with Gasteiger partial charge in [0.1, 0.15) is 0 Å². The highest BCUT2D eigenvalue weighted by atomic mass is 15.2. The topological polar surface area (TPSA) is 15.3 Å². The van der Waals surface area contributed by atoms with Crippen LogP contribution in [0.2, 0.25) is 0 Å². The maximum Gasteiger partial charge on any atom is 0.0227 e. The van der Waals surface area contributed by atoms with Crippen molar-refractivity contribution >= 4 is 0 Å². The van der Waals surface area contributed by atoms with Crippen LogP contribution in [0.15, 0.2) is 12.2 Å². The quantitative estimate of drug-likeness (QED) is 0.709. The summed E-state index contributed by atoms with van der Waals surface area (Å²) in [6.07, 6.45) is 10.5. The van der Waals surface area contributed by atoms with Gasteiger partial charge in [0.25, 0.3) is 0 Å². The highest BCUT2D eigenvalue weighted by molar-refractivity contribution is 5.13. The highest BCUT2D eigenvalue weighted by Crippen LogP contribution is 2.43. The van der Waals surface area contributed by atoms with E-state index in [-0.39, 0.29) is 0 Å². The number of piperidine rings is 3. The lowest BCUT2D eigenvalue weighted by Gasteiger charge is -2.50. The fourth-order valence-electron chi connectivity index (χ4n) is 4.34. The van der Waals surface area contributed by atoms with Crippen molar-refractivity contribution in [3.63, 3.8) is 0 Å². The summed E-state index contributed by atoms with van der Waals surface area (Å²) in [4.78, 5) is 2.65. The van der Waals surface area contributed by atoms with Crippen LogP contribution < -0.4 is 5.32 Å². The molecule has 5 rings (SSSR count). The van der Waals surface area contributed by atoms with Crippen LogP contribution in [-0.4, -0.2) is 36.6 Å². The summed E-state index contributed by atoms with van der Waals surface area (Å²) in [5.74, 6) is 2.86. The minimum Gasteiger partial charge on any atom is -0.309 e. The van der Waals surface area contributed by atoms with Gasteiger partial charge in [0.15, 0.2) is 0 Å². The molecule has 1 saturated carbocycles. The van der Waals surface area contributed by atoms with Crippen LogP contribution in [0.4, 0.5) is 0 Å². The first kappa shape index (κ1) is 9.67. The Labute approximate surface area is 98.1 Å². The van der Waals surface area contributed by atoms with Crippen LogP contribution in [0.25, 0.3) is 0 Å². The first-order chi connectivity index (χ1) is 7.90. The van der Waals surface area contributed by atoms with Crippen molar-refractivity contribution in [1.29, 1.82) is 0 Å². The van der Waals surface area contributed by atoms with E-state index in [0.717, 1.165) is 29.8 Å². The Morgan fingerprint density at radius 1 is 1.06 bits per heavy atom. The lowest BCUT2D eigenvalue weighted by molar-refractivity contribution is 0.0439. The molecule has 3 heterocycles. The summed E-state index contributed by atoms with van der Waals surface area (Å²) in [6.45, 7) is 4.04. The maximum absolute atomic E-state index is 3.97. The summed E-state index contributed by atoms with van der Waals surface area (Å²) in [7, 11) is 0. The number of rotatable bonds is 2. The molecule has 16 heavy (non-hydrogen) atoms. The van der Waals surface area contributed by atoms with Crippen LogP contribution in [-0.2, 0) is 0 Å². The fraction of sp³-hybridized carbons (Fsp3) is 0.857. The van der Waals surface area contributed by atoms with Crippen molar-refractivity contribution in [3.05, 3.63) is 12.2 Å². The molecule has 4 fully saturated rings. The Morgan fingerprint density at radius 2 is 1.94 bits per heavy atom. The molecule has 4 unspecified atom stereocenters. The summed E-state index contributed by atoms with van der Waals surface area (Å²) in [5, 5.41) is 3.97. The van der Waals surface area contributed by atoms with E-state index in [9.17, 15) is 0 Å². The molecule has 5 aliphatic rings. The molecule has 88 valence electrons. The molecule has 0 radical (unpaired) electrons. The molecule has 0 aromatic carbocycles. The van der Waals surface area contributed by atoms with Gasteiger partial charge in [-0.05, 0) is 56.5 Å². The van der Waals surface area contributed by atoms with E-state index < -0.39 is 0 Å². The Balaban J connectivity index is 1.39. The molecule has 4 atom stereocenters. The molecule has 1 N–H and O–H groups in total. The Morgan fingerprint density at radius 3 is 2.62 bits per heavy atom. The van der Waals surface area contributed by atoms with E-state index in [4.69, 9.17) is 0 Å². The molecule has 2 heteroatoms. The predicted molar refractivity (Wildman–Crippen MR) is 65.2 cm³/mol. The van der Waals surface area contributed by atoms with Gasteiger partial charge in [0.05, 0.1) is 0 Å². The average Bonchev–Trinajstić information content (AvgIpc) is 2.69. The molecular formula is C14H22N2. The van der Waals surface area contributed by atoms with Crippen molar-refractivity contribution in [2.75, 3.05) is 19.6 Å². The van der Waals surface area contributed by atoms with Crippen molar-refractivity contribution in [2.45, 2.75) is 37.8 Å². The Kier molecular flexibility index (Phi) is 2.16. The van der Waals surface area contributed by atoms with Crippen LogP contribution in [0.1, 0.15) is 25.7 Å². The summed E-state index contributed by atoms with van der Waals surface area (Å²) in [6, 6.07) is 1.62. The predicted octanol–water partition coefficient (Wildman–Crippen LogP) is 1.63. The smallest absolute Gasteiger partial charge is 0.0227 e. The van der Waals surface area contributed by atoms with Gasteiger partial charge in [-0.25, -0.2) is 0 Å². The van der Waals surface area contributed by atoms with Crippen LogP contribution in [0, 0.1) is 17.8 Å². The number of fused-ring (bicyclic) bond motifs is 4. The van der Waals surface area contributed by atoms with E-state index in [2.05, 4.69) is 22.4 Å². The van der Waals surface area contributed by atoms with E-state index in [1.165, 1.54) is 45.3 Å². The van der Waals surface area contributed by atoms with Gasteiger partial charge in [-0.15, -0.1) is 0 Å². The first-order valence-corrected chi connectivity index (χ1v) is 7.05. The van der Waals surface area contributed by atoms with Gasteiger partial charge in [0.2, 0.25) is 0 Å². The van der Waals surface area contributed by atoms with Crippen molar-refractivity contribution in [3.8, 4) is 0 Å². The largest absolute Gasteiger partial charge is 0.309 e. The number of hydrogen-bond donors (Lipinski definition) is 1. The van der Waals surface area contributed by atoms with Gasteiger partial charge in [0, 0.05) is 18.6 Å². The minimum absolute atomic E-state index is 0.808. The Hall–Kier alpha value is -0.340. The normalized spacial score (nSPS) is 53.8. The van der Waals surface area contributed by atoms with Crippen molar-refractivity contribution in [2.24, 2.45) is 17.8 Å². The summed E-state index contributed by atoms with van der Waals surface area (Å²) in [5.41, 5.74) is 0. The zero-order valence-corrected chi connectivity index (χ0v) is 9.94. The second-order valence-electron chi connectivity index (χ2n) is 6.25. The highest BCUT2D eigenvalue weighted by Gasteiger charge is 2.44. The second-order valence-corrected chi connectivity index (χ2v) is 6.25. The van der Waals surface area contributed by atoms with E-state index in [1.54, 1.807) is 0 Å². The molecular weight excluding hydrogens is 196 g/mol. The number of hydrogen-bond acceptors (Lipinski definition) is 2. The Bertz CT molecular complexity index is 304. The SMILES string of the molecule is C1=CC2C(C1)CC2NC1CN2CCC1CC2.